The number of carbonyl (C=O) groups excluding carboxylic acids is 3. The van der Waals surface area contributed by atoms with E-state index in [1.54, 1.807) is 30.3 Å². The molecule has 182 valence electrons. The van der Waals surface area contributed by atoms with Gasteiger partial charge < -0.3 is 31.9 Å². The van der Waals surface area contributed by atoms with Crippen molar-refractivity contribution in [1.29, 1.82) is 0 Å². The molecule has 0 fully saturated rings. The molecule has 0 saturated heterocycles. The van der Waals surface area contributed by atoms with Gasteiger partial charge in [0, 0.05) is 6.42 Å². The Bertz CT molecular complexity index is 844. The third kappa shape index (κ3) is 10.1. The van der Waals surface area contributed by atoms with Gasteiger partial charge in [-0.15, -0.1) is 0 Å². The maximum Gasteiger partial charge on any atom is 0.325 e. The first-order valence-corrected chi connectivity index (χ1v) is 10.6. The first-order chi connectivity index (χ1) is 15.4. The van der Waals surface area contributed by atoms with Crippen LogP contribution in [0.5, 0.6) is 0 Å². The van der Waals surface area contributed by atoms with Crippen LogP contribution >= 0.6 is 0 Å². The highest BCUT2D eigenvalue weighted by Crippen LogP contribution is 2.07. The average molecular weight is 465 g/mol. The standard InChI is InChI=1S/C22H32N4O7/c1-12(2)9-15(23)19(29)25-17(11-18(27)28)21(31)26-16(10-14-7-5-4-6-8-14)20(30)24-13(3)22(32)33/h4-8,12-13,15-17H,9-11,23H2,1-3H3,(H,24,30)(H,25,29)(H,26,31)(H,27,28)(H,32,33). The highest BCUT2D eigenvalue weighted by Gasteiger charge is 2.31. The van der Waals surface area contributed by atoms with Crippen molar-refractivity contribution in [3.63, 3.8) is 0 Å². The number of benzene rings is 1. The second kappa shape index (κ2) is 13.2. The van der Waals surface area contributed by atoms with E-state index >= 15 is 0 Å². The topological polar surface area (TPSA) is 188 Å². The predicted molar refractivity (Wildman–Crippen MR) is 119 cm³/mol. The molecule has 4 atom stereocenters. The van der Waals surface area contributed by atoms with Crippen molar-refractivity contribution in [2.45, 2.75) is 64.2 Å². The number of carboxylic acid groups (broad SMARTS) is 2. The molecule has 1 aromatic carbocycles. The fraction of sp³-hybridized carbons (Fsp3) is 0.500. The van der Waals surface area contributed by atoms with Gasteiger partial charge in [-0.1, -0.05) is 44.2 Å². The lowest BCUT2D eigenvalue weighted by Crippen LogP contribution is -2.57. The largest absolute Gasteiger partial charge is 0.481 e. The van der Waals surface area contributed by atoms with Gasteiger partial charge in [-0.05, 0) is 24.8 Å². The lowest BCUT2D eigenvalue weighted by atomic mass is 10.0. The van der Waals surface area contributed by atoms with Crippen molar-refractivity contribution in [3.8, 4) is 0 Å². The van der Waals surface area contributed by atoms with Gasteiger partial charge in [-0.25, -0.2) is 0 Å². The number of carboxylic acids is 2. The zero-order valence-electron chi connectivity index (χ0n) is 18.9. The molecule has 0 aliphatic carbocycles. The van der Waals surface area contributed by atoms with Crippen LogP contribution in [0.1, 0.15) is 39.2 Å². The third-order valence-electron chi connectivity index (χ3n) is 4.72. The molecule has 0 spiro atoms. The highest BCUT2D eigenvalue weighted by atomic mass is 16.4. The summed E-state index contributed by atoms with van der Waals surface area (Å²) in [6.07, 6.45) is -0.373. The fourth-order valence-corrected chi connectivity index (χ4v) is 2.98. The van der Waals surface area contributed by atoms with E-state index in [0.717, 1.165) is 0 Å². The molecule has 0 radical (unpaired) electrons. The Hall–Kier alpha value is -3.47. The zero-order valence-corrected chi connectivity index (χ0v) is 18.9. The van der Waals surface area contributed by atoms with Crippen LogP contribution in [0.3, 0.4) is 0 Å². The van der Waals surface area contributed by atoms with Gasteiger partial charge in [-0.2, -0.15) is 0 Å². The molecule has 0 aliphatic heterocycles. The van der Waals surface area contributed by atoms with Gasteiger partial charge in [0.1, 0.15) is 18.1 Å². The minimum absolute atomic E-state index is 0.0192. The Morgan fingerprint density at radius 2 is 1.39 bits per heavy atom. The SMILES string of the molecule is CC(C)CC(N)C(=O)NC(CC(=O)O)C(=O)NC(Cc1ccccc1)C(=O)NC(C)C(=O)O. The molecule has 0 bridgehead atoms. The van der Waals surface area contributed by atoms with Crippen LogP contribution < -0.4 is 21.7 Å². The maximum absolute atomic E-state index is 12.9. The van der Waals surface area contributed by atoms with E-state index < -0.39 is 60.2 Å². The Kier molecular flexibility index (Phi) is 11.0. The van der Waals surface area contributed by atoms with E-state index in [1.165, 1.54) is 6.92 Å². The summed E-state index contributed by atoms with van der Waals surface area (Å²) in [5.41, 5.74) is 6.50. The summed E-state index contributed by atoms with van der Waals surface area (Å²) in [5.74, 6) is -4.85. The Morgan fingerprint density at radius 3 is 1.91 bits per heavy atom. The number of rotatable bonds is 13. The smallest absolute Gasteiger partial charge is 0.325 e. The van der Waals surface area contributed by atoms with Crippen LogP contribution in [0.4, 0.5) is 0 Å². The predicted octanol–water partition coefficient (Wildman–Crippen LogP) is -0.364. The van der Waals surface area contributed by atoms with E-state index in [4.69, 9.17) is 10.8 Å². The summed E-state index contributed by atoms with van der Waals surface area (Å²) >= 11 is 0. The molecule has 11 nitrogen and oxygen atoms in total. The van der Waals surface area contributed by atoms with Crippen molar-refractivity contribution in [3.05, 3.63) is 35.9 Å². The second-order valence-corrected chi connectivity index (χ2v) is 8.21. The van der Waals surface area contributed by atoms with Crippen molar-refractivity contribution in [2.75, 3.05) is 0 Å². The average Bonchev–Trinajstić information content (AvgIpc) is 2.72. The highest BCUT2D eigenvalue weighted by molar-refractivity contribution is 5.95. The molecule has 7 N–H and O–H groups in total. The van der Waals surface area contributed by atoms with Crippen LogP contribution in [-0.2, 0) is 30.4 Å². The van der Waals surface area contributed by atoms with Crippen molar-refractivity contribution in [1.82, 2.24) is 16.0 Å². The van der Waals surface area contributed by atoms with Gasteiger partial charge in [0.25, 0.3) is 0 Å². The molecule has 0 heterocycles. The fourth-order valence-electron chi connectivity index (χ4n) is 2.98. The van der Waals surface area contributed by atoms with Gasteiger partial charge in [0.05, 0.1) is 12.5 Å². The summed E-state index contributed by atoms with van der Waals surface area (Å²) in [6, 6.07) is 3.83. The summed E-state index contributed by atoms with van der Waals surface area (Å²) in [4.78, 5) is 60.3. The van der Waals surface area contributed by atoms with E-state index in [9.17, 15) is 29.1 Å². The molecular weight excluding hydrogens is 432 g/mol. The third-order valence-corrected chi connectivity index (χ3v) is 4.72. The molecule has 0 saturated carbocycles. The number of hydrogen-bond donors (Lipinski definition) is 6. The van der Waals surface area contributed by atoms with Crippen LogP contribution in [0.2, 0.25) is 0 Å². The van der Waals surface area contributed by atoms with Crippen LogP contribution in [0.15, 0.2) is 30.3 Å². The molecule has 0 aliphatic rings. The maximum atomic E-state index is 12.9. The molecule has 1 rings (SSSR count). The molecule has 11 heteroatoms. The lowest BCUT2D eigenvalue weighted by Gasteiger charge is -2.24. The minimum atomic E-state index is -1.48. The summed E-state index contributed by atoms with van der Waals surface area (Å²) in [6.45, 7) is 4.99. The van der Waals surface area contributed by atoms with E-state index in [1.807, 2.05) is 13.8 Å². The van der Waals surface area contributed by atoms with Crippen LogP contribution in [-0.4, -0.2) is 64.0 Å². The van der Waals surface area contributed by atoms with E-state index in [-0.39, 0.29) is 12.3 Å². The first kappa shape index (κ1) is 27.6. The molecule has 4 unspecified atom stereocenters. The number of amides is 3. The summed E-state index contributed by atoms with van der Waals surface area (Å²) < 4.78 is 0. The molecule has 0 aromatic heterocycles. The Labute approximate surface area is 192 Å². The molecule has 3 amide bonds. The van der Waals surface area contributed by atoms with Crippen molar-refractivity contribution >= 4 is 29.7 Å². The Balaban J connectivity index is 3.04. The quantitative estimate of drug-likeness (QED) is 0.228. The van der Waals surface area contributed by atoms with Gasteiger partial charge in [0.2, 0.25) is 17.7 Å². The number of aliphatic carboxylic acids is 2. The monoisotopic (exact) mass is 464 g/mol. The lowest BCUT2D eigenvalue weighted by molar-refractivity contribution is -0.143. The number of hydrogen-bond acceptors (Lipinski definition) is 6. The first-order valence-electron chi connectivity index (χ1n) is 10.6. The number of nitrogens with two attached hydrogens (primary N) is 1. The number of nitrogens with one attached hydrogen (secondary N) is 3. The molecule has 1 aromatic rings. The van der Waals surface area contributed by atoms with E-state index in [0.29, 0.717) is 12.0 Å². The van der Waals surface area contributed by atoms with Gasteiger partial charge >= 0.3 is 11.9 Å². The van der Waals surface area contributed by atoms with Gasteiger partial charge in [0.15, 0.2) is 0 Å². The summed E-state index contributed by atoms with van der Waals surface area (Å²) in [7, 11) is 0. The number of carbonyl (C=O) groups is 5. The molecular formula is C22H32N4O7. The second-order valence-electron chi connectivity index (χ2n) is 8.21. The van der Waals surface area contributed by atoms with Crippen molar-refractivity contribution < 1.29 is 34.2 Å². The van der Waals surface area contributed by atoms with Crippen molar-refractivity contribution in [2.24, 2.45) is 11.7 Å². The summed E-state index contributed by atoms with van der Waals surface area (Å²) in [5, 5.41) is 25.3. The van der Waals surface area contributed by atoms with Crippen LogP contribution in [0.25, 0.3) is 0 Å². The molecule has 33 heavy (non-hydrogen) atoms. The zero-order chi connectivity index (χ0) is 25.1. The van der Waals surface area contributed by atoms with Gasteiger partial charge in [-0.3, -0.25) is 24.0 Å². The van der Waals surface area contributed by atoms with E-state index in [2.05, 4.69) is 16.0 Å². The van der Waals surface area contributed by atoms with Crippen LogP contribution in [0, 0.1) is 5.92 Å². The Morgan fingerprint density at radius 1 is 0.848 bits per heavy atom. The minimum Gasteiger partial charge on any atom is -0.481 e. The normalized spacial score (nSPS) is 14.5.